The Hall–Kier alpha value is -2.12. The molecule has 2 heterocycles. The molecule has 2 aliphatic rings. The first-order valence-corrected chi connectivity index (χ1v) is 11.8. The van der Waals surface area contributed by atoms with Gasteiger partial charge in [0.15, 0.2) is 0 Å². The van der Waals surface area contributed by atoms with Gasteiger partial charge in [0.25, 0.3) is 0 Å². The highest BCUT2D eigenvalue weighted by molar-refractivity contribution is 5.79. The van der Waals surface area contributed by atoms with E-state index in [2.05, 4.69) is 34.2 Å². The molecule has 2 atom stereocenters. The highest BCUT2D eigenvalue weighted by Gasteiger charge is 2.31. The van der Waals surface area contributed by atoms with Gasteiger partial charge in [-0.1, -0.05) is 19.1 Å². The van der Waals surface area contributed by atoms with Crippen LogP contribution in [0.5, 0.6) is 5.75 Å². The number of amides is 2. The van der Waals surface area contributed by atoms with E-state index < -0.39 is 0 Å². The van der Waals surface area contributed by atoms with E-state index in [-0.39, 0.29) is 23.9 Å². The largest absolute Gasteiger partial charge is 0.494 e. The first-order chi connectivity index (χ1) is 15.0. The van der Waals surface area contributed by atoms with Crippen molar-refractivity contribution in [3.8, 4) is 5.75 Å². The Bertz CT molecular complexity index is 716. The topological polar surface area (TPSA) is 65.1 Å². The van der Waals surface area contributed by atoms with E-state index in [1.807, 2.05) is 30.9 Å². The third kappa shape index (κ3) is 6.68. The number of rotatable bonds is 9. The summed E-state index contributed by atoms with van der Waals surface area (Å²) in [5.41, 5.74) is 1.19. The molecule has 0 radical (unpaired) electrons. The summed E-state index contributed by atoms with van der Waals surface area (Å²) in [4.78, 5) is 31.6. The molecule has 7 nitrogen and oxygen atoms in total. The molecule has 172 valence electrons. The van der Waals surface area contributed by atoms with E-state index in [1.165, 1.54) is 5.56 Å². The van der Waals surface area contributed by atoms with Crippen molar-refractivity contribution in [3.05, 3.63) is 29.8 Å². The molecule has 3 rings (SSSR count). The minimum Gasteiger partial charge on any atom is -0.494 e. The Labute approximate surface area is 186 Å². The fourth-order valence-electron chi connectivity index (χ4n) is 4.38. The van der Waals surface area contributed by atoms with Crippen molar-refractivity contribution in [2.75, 3.05) is 52.4 Å². The number of nitrogens with zero attached hydrogens (tertiary/aromatic N) is 3. The second-order valence-electron chi connectivity index (χ2n) is 8.68. The van der Waals surface area contributed by atoms with Gasteiger partial charge in [-0.2, -0.15) is 0 Å². The van der Waals surface area contributed by atoms with Crippen molar-refractivity contribution in [3.63, 3.8) is 0 Å². The molecule has 2 amide bonds. The summed E-state index contributed by atoms with van der Waals surface area (Å²) in [6.07, 6.45) is 3.00. The van der Waals surface area contributed by atoms with E-state index in [9.17, 15) is 9.59 Å². The van der Waals surface area contributed by atoms with Crippen molar-refractivity contribution >= 4 is 11.8 Å². The fraction of sp³-hybridized carbons (Fsp3) is 0.667. The minimum atomic E-state index is 0.0918. The molecule has 0 aliphatic carbocycles. The normalized spacial score (nSPS) is 21.1. The van der Waals surface area contributed by atoms with Crippen LogP contribution in [0.4, 0.5) is 0 Å². The van der Waals surface area contributed by atoms with Crippen molar-refractivity contribution in [2.24, 2.45) is 0 Å². The maximum absolute atomic E-state index is 13.1. The second kappa shape index (κ2) is 11.5. The lowest BCUT2D eigenvalue weighted by molar-refractivity contribution is -0.134. The van der Waals surface area contributed by atoms with Gasteiger partial charge in [0.1, 0.15) is 5.75 Å². The van der Waals surface area contributed by atoms with Crippen LogP contribution in [0.1, 0.15) is 51.6 Å². The van der Waals surface area contributed by atoms with E-state index >= 15 is 0 Å². The SMILES string of the molecule is CCOc1ccc(C2CCCN2C(=O)CN2CCN(CC(=O)NC(C)CC)CC2)cc1. The number of benzene rings is 1. The van der Waals surface area contributed by atoms with Gasteiger partial charge in [-0.15, -0.1) is 0 Å². The molecule has 1 aromatic carbocycles. The van der Waals surface area contributed by atoms with Crippen LogP contribution in [-0.4, -0.2) is 85.0 Å². The molecular weight excluding hydrogens is 392 g/mol. The highest BCUT2D eigenvalue weighted by atomic mass is 16.5. The Morgan fingerprint density at radius 3 is 2.29 bits per heavy atom. The third-order valence-corrected chi connectivity index (χ3v) is 6.36. The molecule has 0 bridgehead atoms. The van der Waals surface area contributed by atoms with Gasteiger partial charge in [-0.05, 0) is 50.8 Å². The number of carbonyl (C=O) groups excluding carboxylic acids is 2. The molecule has 1 N–H and O–H groups in total. The molecule has 7 heteroatoms. The molecule has 1 aromatic rings. The van der Waals surface area contributed by atoms with Gasteiger partial charge < -0.3 is 15.0 Å². The van der Waals surface area contributed by atoms with Crippen LogP contribution in [-0.2, 0) is 9.59 Å². The molecule has 0 spiro atoms. The minimum absolute atomic E-state index is 0.0918. The molecule has 2 unspecified atom stereocenters. The number of piperazine rings is 1. The molecular formula is C24H38N4O3. The molecule has 2 fully saturated rings. The van der Waals surface area contributed by atoms with Crippen molar-refractivity contribution < 1.29 is 14.3 Å². The zero-order valence-electron chi connectivity index (χ0n) is 19.3. The number of hydrogen-bond acceptors (Lipinski definition) is 5. The lowest BCUT2D eigenvalue weighted by atomic mass is 10.0. The average Bonchev–Trinajstić information content (AvgIpc) is 3.26. The summed E-state index contributed by atoms with van der Waals surface area (Å²) in [7, 11) is 0. The summed E-state index contributed by atoms with van der Waals surface area (Å²) in [6.45, 7) is 11.8. The standard InChI is InChI=1S/C24H38N4O3/c1-4-19(3)25-23(29)17-26-13-15-27(16-14-26)18-24(30)28-12-6-7-22(28)20-8-10-21(11-9-20)31-5-2/h8-11,19,22H,4-7,12-18H2,1-3H3,(H,25,29). The average molecular weight is 431 g/mol. The lowest BCUT2D eigenvalue weighted by Gasteiger charge is -2.35. The molecule has 2 aliphatic heterocycles. The Morgan fingerprint density at radius 1 is 1.03 bits per heavy atom. The zero-order chi connectivity index (χ0) is 22.2. The predicted octanol–water partition coefficient (Wildman–Crippen LogP) is 2.28. The maximum atomic E-state index is 13.1. The zero-order valence-corrected chi connectivity index (χ0v) is 19.3. The van der Waals surface area contributed by atoms with Crippen LogP contribution in [0.2, 0.25) is 0 Å². The summed E-state index contributed by atoms with van der Waals surface area (Å²) >= 11 is 0. The van der Waals surface area contributed by atoms with Crippen LogP contribution < -0.4 is 10.1 Å². The van der Waals surface area contributed by atoms with Crippen molar-refractivity contribution in [2.45, 2.75) is 52.1 Å². The summed E-state index contributed by atoms with van der Waals surface area (Å²) in [5, 5.41) is 3.03. The van der Waals surface area contributed by atoms with E-state index in [4.69, 9.17) is 4.74 Å². The predicted molar refractivity (Wildman–Crippen MR) is 122 cm³/mol. The highest BCUT2D eigenvalue weighted by Crippen LogP contribution is 2.33. The van der Waals surface area contributed by atoms with Gasteiger partial charge in [0, 0.05) is 38.8 Å². The van der Waals surface area contributed by atoms with E-state index in [0.717, 1.165) is 57.7 Å². The Morgan fingerprint density at radius 2 is 1.68 bits per heavy atom. The smallest absolute Gasteiger partial charge is 0.237 e. The molecule has 0 aromatic heterocycles. The number of hydrogen-bond donors (Lipinski definition) is 1. The summed E-state index contributed by atoms with van der Waals surface area (Å²) in [5.74, 6) is 1.17. The quantitative estimate of drug-likeness (QED) is 0.651. The number of carbonyl (C=O) groups is 2. The van der Waals surface area contributed by atoms with Crippen LogP contribution in [0.15, 0.2) is 24.3 Å². The van der Waals surface area contributed by atoms with Crippen LogP contribution >= 0.6 is 0 Å². The third-order valence-electron chi connectivity index (χ3n) is 6.36. The summed E-state index contributed by atoms with van der Waals surface area (Å²) < 4.78 is 5.54. The van der Waals surface area contributed by atoms with Crippen LogP contribution in [0, 0.1) is 0 Å². The summed E-state index contributed by atoms with van der Waals surface area (Å²) in [6, 6.07) is 8.55. The van der Waals surface area contributed by atoms with Crippen molar-refractivity contribution in [1.29, 1.82) is 0 Å². The van der Waals surface area contributed by atoms with Crippen LogP contribution in [0.25, 0.3) is 0 Å². The first-order valence-electron chi connectivity index (χ1n) is 11.8. The number of nitrogens with one attached hydrogen (secondary N) is 1. The lowest BCUT2D eigenvalue weighted by Crippen LogP contribution is -2.52. The van der Waals surface area contributed by atoms with Gasteiger partial charge in [-0.25, -0.2) is 0 Å². The van der Waals surface area contributed by atoms with Gasteiger partial charge in [0.05, 0.1) is 25.7 Å². The van der Waals surface area contributed by atoms with Crippen molar-refractivity contribution in [1.82, 2.24) is 20.0 Å². The Balaban J connectivity index is 1.46. The van der Waals surface area contributed by atoms with Crippen LogP contribution in [0.3, 0.4) is 0 Å². The molecule has 2 saturated heterocycles. The molecule has 31 heavy (non-hydrogen) atoms. The number of likely N-dealkylation sites (tertiary alicyclic amines) is 1. The maximum Gasteiger partial charge on any atom is 0.237 e. The van der Waals surface area contributed by atoms with Gasteiger partial charge >= 0.3 is 0 Å². The number of ether oxygens (including phenoxy) is 1. The second-order valence-corrected chi connectivity index (χ2v) is 8.68. The molecule has 0 saturated carbocycles. The van der Waals surface area contributed by atoms with E-state index in [1.54, 1.807) is 0 Å². The Kier molecular flexibility index (Phi) is 8.72. The van der Waals surface area contributed by atoms with E-state index in [0.29, 0.717) is 19.7 Å². The van der Waals surface area contributed by atoms with Gasteiger partial charge in [-0.3, -0.25) is 19.4 Å². The first kappa shape index (κ1) is 23.5. The van der Waals surface area contributed by atoms with Gasteiger partial charge in [0.2, 0.25) is 11.8 Å². The monoisotopic (exact) mass is 430 g/mol. The fourth-order valence-corrected chi connectivity index (χ4v) is 4.38.